The first-order valence-electron chi connectivity index (χ1n) is 13.9. The zero-order chi connectivity index (χ0) is 31.4. The fourth-order valence-electron chi connectivity index (χ4n) is 5.41. The molecule has 0 bridgehead atoms. The number of hydrogen-bond donors (Lipinski definition) is 2. The van der Waals surface area contributed by atoms with Crippen LogP contribution in [0.1, 0.15) is 42.9 Å². The first-order valence-corrected chi connectivity index (χ1v) is 14.3. The third kappa shape index (κ3) is 6.49. The molecule has 2 atom stereocenters. The van der Waals surface area contributed by atoms with Gasteiger partial charge in [-0.05, 0) is 36.8 Å². The topological polar surface area (TPSA) is 136 Å². The maximum Gasteiger partial charge on any atom is 0.252 e. The first kappa shape index (κ1) is 30.8. The number of benzene rings is 2. The van der Waals surface area contributed by atoms with E-state index in [0.29, 0.717) is 0 Å². The number of nitrogens with one attached hydrogen (secondary N) is 1. The lowest BCUT2D eigenvalue weighted by Crippen LogP contribution is -2.56. The number of aliphatic hydroxyl groups excluding tert-OH is 1. The fourth-order valence-corrected chi connectivity index (χ4v) is 5.65. The van der Waals surface area contributed by atoms with Crippen molar-refractivity contribution in [3.8, 4) is 11.8 Å². The molecule has 228 valence electrons. The Balaban J connectivity index is 1.62. The Morgan fingerprint density at radius 3 is 2.68 bits per heavy atom. The number of ether oxygens (including phenoxy) is 1. The normalized spacial score (nSPS) is 18.2. The van der Waals surface area contributed by atoms with Crippen molar-refractivity contribution in [2.75, 3.05) is 23.0 Å². The van der Waals surface area contributed by atoms with Crippen molar-refractivity contribution in [1.82, 2.24) is 10.3 Å². The summed E-state index contributed by atoms with van der Waals surface area (Å²) in [5, 5.41) is 21.4. The molecule has 10 nitrogen and oxygen atoms in total. The molecule has 2 aromatic carbocycles. The average Bonchev–Trinajstić information content (AvgIpc) is 3.39. The predicted octanol–water partition coefficient (Wildman–Crippen LogP) is 4.16. The molecule has 0 spiro atoms. The number of aromatic nitrogens is 1. The number of amides is 3. The van der Waals surface area contributed by atoms with Crippen LogP contribution in [0.15, 0.2) is 66.9 Å². The molecule has 1 saturated heterocycles. The Bertz CT molecular complexity index is 1610. The van der Waals surface area contributed by atoms with Crippen LogP contribution in [0, 0.1) is 11.3 Å². The maximum absolute atomic E-state index is 14.7. The summed E-state index contributed by atoms with van der Waals surface area (Å²) in [4.78, 5) is 48.4. The van der Waals surface area contributed by atoms with Crippen LogP contribution < -0.4 is 19.9 Å². The smallest absolute Gasteiger partial charge is 0.252 e. The molecular weight excluding hydrogens is 596 g/mol. The highest BCUT2D eigenvalue weighted by atomic mass is 35.5. The van der Waals surface area contributed by atoms with Crippen molar-refractivity contribution in [3.05, 3.63) is 83.0 Å². The van der Waals surface area contributed by atoms with Gasteiger partial charge < -0.3 is 15.2 Å². The van der Waals surface area contributed by atoms with Gasteiger partial charge in [0, 0.05) is 53.8 Å². The summed E-state index contributed by atoms with van der Waals surface area (Å²) in [6.07, 6.45) is 0.354. The number of hydrogen-bond acceptors (Lipinski definition) is 7. The zero-order valence-electron chi connectivity index (χ0n) is 23.3. The molecule has 1 aliphatic carbocycles. The monoisotopic (exact) mass is 623 g/mol. The summed E-state index contributed by atoms with van der Waals surface area (Å²) in [6.45, 7) is -0.301. The number of nitrogens with zero attached hydrogens (tertiary/aromatic N) is 4. The van der Waals surface area contributed by atoms with Crippen LogP contribution >= 0.6 is 11.6 Å². The van der Waals surface area contributed by atoms with Gasteiger partial charge in [-0.15, -0.1) is 0 Å². The van der Waals surface area contributed by atoms with Gasteiger partial charge in [-0.25, -0.2) is 13.8 Å². The number of carbonyl (C=O) groups is 3. The van der Waals surface area contributed by atoms with Gasteiger partial charge in [0.15, 0.2) is 0 Å². The molecule has 13 heteroatoms. The first-order chi connectivity index (χ1) is 21.1. The largest absolute Gasteiger partial charge is 0.491 e. The Labute approximate surface area is 256 Å². The Kier molecular flexibility index (Phi) is 9.08. The lowest BCUT2D eigenvalue weighted by molar-refractivity contribution is -0.133. The van der Waals surface area contributed by atoms with Crippen LogP contribution in [0.5, 0.6) is 5.75 Å². The van der Waals surface area contributed by atoms with Gasteiger partial charge in [0.05, 0.1) is 18.2 Å². The second-order valence-corrected chi connectivity index (χ2v) is 10.9. The lowest BCUT2D eigenvalue weighted by Gasteiger charge is -2.39. The number of carbonyl (C=O) groups excluding carboxylic acids is 3. The molecule has 2 fully saturated rings. The van der Waals surface area contributed by atoms with Crippen LogP contribution in [-0.4, -0.2) is 59.0 Å². The SMILES string of the molecule is N#Cc1ccnc(N2C(=O)CCC2C(=O)N(c2cccc(OCCO)c2)C(C(=O)NC2CC(F)(F)C2)c2ccccc2Cl)c1. The van der Waals surface area contributed by atoms with Gasteiger partial charge >= 0.3 is 0 Å². The number of aliphatic hydroxyl groups is 1. The number of nitriles is 1. The van der Waals surface area contributed by atoms with E-state index in [2.05, 4.69) is 10.3 Å². The molecule has 1 aliphatic heterocycles. The van der Waals surface area contributed by atoms with Crippen LogP contribution in [0.2, 0.25) is 5.02 Å². The highest BCUT2D eigenvalue weighted by Gasteiger charge is 2.48. The summed E-state index contributed by atoms with van der Waals surface area (Å²) >= 11 is 6.57. The highest BCUT2D eigenvalue weighted by molar-refractivity contribution is 6.31. The summed E-state index contributed by atoms with van der Waals surface area (Å²) in [7, 11) is 0. The van der Waals surface area contributed by atoms with E-state index in [0.717, 1.165) is 0 Å². The van der Waals surface area contributed by atoms with E-state index in [1.165, 1.54) is 34.2 Å². The van der Waals surface area contributed by atoms with Crippen molar-refractivity contribution in [3.63, 3.8) is 0 Å². The fraction of sp³-hybridized carbons (Fsp3) is 0.323. The highest BCUT2D eigenvalue weighted by Crippen LogP contribution is 2.40. The van der Waals surface area contributed by atoms with Crippen LogP contribution in [-0.2, 0) is 14.4 Å². The molecule has 2 N–H and O–H groups in total. The van der Waals surface area contributed by atoms with Crippen LogP contribution in [0.4, 0.5) is 20.3 Å². The number of alkyl halides is 2. The van der Waals surface area contributed by atoms with Gasteiger partial charge in [-0.1, -0.05) is 35.9 Å². The lowest BCUT2D eigenvalue weighted by atomic mass is 9.87. The molecule has 2 unspecified atom stereocenters. The Morgan fingerprint density at radius 1 is 1.20 bits per heavy atom. The van der Waals surface area contributed by atoms with Crippen LogP contribution in [0.25, 0.3) is 0 Å². The average molecular weight is 624 g/mol. The molecule has 2 heterocycles. The summed E-state index contributed by atoms with van der Waals surface area (Å²) in [5.74, 6) is -4.33. The minimum atomic E-state index is -2.90. The molecule has 1 saturated carbocycles. The molecule has 5 rings (SSSR count). The third-order valence-electron chi connectivity index (χ3n) is 7.45. The molecule has 2 aliphatic rings. The number of rotatable bonds is 10. The van der Waals surface area contributed by atoms with Gasteiger partial charge in [0.1, 0.15) is 30.3 Å². The number of halogens is 3. The van der Waals surface area contributed by atoms with Crippen LogP contribution in [0.3, 0.4) is 0 Å². The van der Waals surface area contributed by atoms with Crippen molar-refractivity contribution < 1.29 is 33.0 Å². The minimum Gasteiger partial charge on any atom is -0.491 e. The third-order valence-corrected chi connectivity index (χ3v) is 7.80. The van der Waals surface area contributed by atoms with Gasteiger partial charge in [-0.2, -0.15) is 5.26 Å². The van der Waals surface area contributed by atoms with Gasteiger partial charge in [0.2, 0.25) is 11.8 Å². The molecule has 3 amide bonds. The number of pyridine rings is 1. The van der Waals surface area contributed by atoms with E-state index >= 15 is 0 Å². The van der Waals surface area contributed by atoms with Crippen molar-refractivity contribution in [2.45, 2.75) is 49.7 Å². The maximum atomic E-state index is 14.7. The molecule has 3 aromatic rings. The van der Waals surface area contributed by atoms with E-state index in [1.807, 2.05) is 6.07 Å². The van der Waals surface area contributed by atoms with E-state index < -0.39 is 54.6 Å². The predicted molar refractivity (Wildman–Crippen MR) is 156 cm³/mol. The summed E-state index contributed by atoms with van der Waals surface area (Å²) < 4.78 is 32.9. The Morgan fingerprint density at radius 2 is 1.98 bits per heavy atom. The molecule has 44 heavy (non-hydrogen) atoms. The standard InChI is InChI=1S/C31H28ClF2N5O5/c32-24-7-2-1-6-23(24)28(29(42)37-20-16-31(33,34)17-20)38(21-4-3-5-22(15-21)44-13-12-40)30(43)25-8-9-27(41)39(25)26-14-19(18-35)10-11-36-26/h1-7,10-11,14-15,20,25,28,40H,8-9,12-13,16-17H2,(H,37,42). The van der Waals surface area contributed by atoms with E-state index in [-0.39, 0.29) is 59.5 Å². The van der Waals surface area contributed by atoms with Crippen molar-refractivity contribution in [1.29, 1.82) is 5.26 Å². The molecular formula is C31H28ClF2N5O5. The second-order valence-electron chi connectivity index (χ2n) is 10.5. The summed E-state index contributed by atoms with van der Waals surface area (Å²) in [5.41, 5.74) is 0.660. The molecule has 0 radical (unpaired) electrons. The van der Waals surface area contributed by atoms with E-state index in [4.69, 9.17) is 16.3 Å². The minimum absolute atomic E-state index is 0.00245. The summed E-state index contributed by atoms with van der Waals surface area (Å²) in [6, 6.07) is 14.1. The van der Waals surface area contributed by atoms with E-state index in [9.17, 15) is 33.5 Å². The van der Waals surface area contributed by atoms with Gasteiger partial charge in [0.25, 0.3) is 11.8 Å². The molecule has 1 aromatic heterocycles. The second kappa shape index (κ2) is 13.0. The van der Waals surface area contributed by atoms with Gasteiger partial charge in [-0.3, -0.25) is 24.2 Å². The van der Waals surface area contributed by atoms with E-state index in [1.54, 1.807) is 42.5 Å². The number of anilines is 2. The Hall–Kier alpha value is -4.60. The zero-order valence-corrected chi connectivity index (χ0v) is 24.1. The van der Waals surface area contributed by atoms with Crippen molar-refractivity contribution >= 4 is 40.8 Å². The van der Waals surface area contributed by atoms with Crippen molar-refractivity contribution in [2.24, 2.45) is 0 Å². The quantitative estimate of drug-likeness (QED) is 0.346.